The van der Waals surface area contributed by atoms with Crippen LogP contribution in [0.1, 0.15) is 77.1 Å². The van der Waals surface area contributed by atoms with Gasteiger partial charge in [0.25, 0.3) is 5.52 Å². The lowest BCUT2D eigenvalue weighted by Gasteiger charge is -2.31. The first-order valence-electron chi connectivity index (χ1n) is 18.4. The zero-order chi connectivity index (χ0) is 40.3. The van der Waals surface area contributed by atoms with E-state index in [4.69, 9.17) is 18.5 Å². The number of esters is 1. The van der Waals surface area contributed by atoms with E-state index in [9.17, 15) is 22.9 Å². The number of ether oxygens (including phenoxy) is 3. The van der Waals surface area contributed by atoms with Crippen LogP contribution in [0.3, 0.4) is 0 Å². The van der Waals surface area contributed by atoms with Crippen LogP contribution in [0.4, 0.5) is 8.78 Å². The summed E-state index contributed by atoms with van der Waals surface area (Å²) in [6, 6.07) is 25.6. The summed E-state index contributed by atoms with van der Waals surface area (Å²) in [6.45, 7) is 13.9. The number of benzene rings is 3. The van der Waals surface area contributed by atoms with Crippen LogP contribution in [0.15, 0.2) is 120 Å². The fourth-order valence-corrected chi connectivity index (χ4v) is 7.95. The summed E-state index contributed by atoms with van der Waals surface area (Å²) < 4.78 is 69.2. The first-order chi connectivity index (χ1) is 25.9. The Bertz CT molecular complexity index is 1810. The van der Waals surface area contributed by atoms with Gasteiger partial charge in [-0.15, -0.1) is 0 Å². The lowest BCUT2D eigenvalue weighted by molar-refractivity contribution is -0.173. The van der Waals surface area contributed by atoms with E-state index in [2.05, 4.69) is 4.74 Å². The minimum Gasteiger partial charge on any atom is -0.461 e. The molecule has 0 saturated heterocycles. The van der Waals surface area contributed by atoms with Gasteiger partial charge >= 0.3 is 19.5 Å². The van der Waals surface area contributed by atoms with E-state index in [-0.39, 0.29) is 18.1 Å². The minimum atomic E-state index is -3.91. The molecule has 5 rings (SSSR count). The number of alkyl halides is 2. The predicted molar refractivity (Wildman–Crippen MR) is 210 cm³/mol. The maximum atomic E-state index is 14.3. The molecule has 2 bridgehead atoms. The molecule has 3 aromatic carbocycles. The smallest absolute Gasteiger partial charge is 0.402 e. The van der Waals surface area contributed by atoms with Gasteiger partial charge in [-0.25, -0.2) is 4.79 Å². The van der Waals surface area contributed by atoms with Crippen molar-refractivity contribution in [1.29, 1.82) is 0 Å². The first-order valence-corrected chi connectivity index (χ1v) is 20.0. The van der Waals surface area contributed by atoms with E-state index < -0.39 is 36.2 Å². The summed E-state index contributed by atoms with van der Waals surface area (Å²) in [5.41, 5.74) is 3.05. The highest BCUT2D eigenvalue weighted by molar-refractivity contribution is 7.72. The van der Waals surface area contributed by atoms with Gasteiger partial charge in [0.15, 0.2) is 0 Å². The molecule has 0 fully saturated rings. The molecule has 0 saturated carbocycles. The van der Waals surface area contributed by atoms with E-state index in [0.29, 0.717) is 38.4 Å². The Labute approximate surface area is 324 Å². The fourth-order valence-electron chi connectivity index (χ4n) is 5.80. The SMILES string of the molecule is CC(C)(C)OP(=O)(OC(C)(C)C)C(=O)C1=C2C=CC(=C1)C2.CCOC(=O)C(F)(F)c1ccc(CC(COCc2ccccc2)COCc2ccccc2)cc1. The number of carbonyl (C=O) groups excluding carboxylic acids is 2. The van der Waals surface area contributed by atoms with Gasteiger partial charge in [-0.05, 0) is 95.2 Å². The van der Waals surface area contributed by atoms with Crippen molar-refractivity contribution < 1.29 is 46.2 Å². The minimum absolute atomic E-state index is 0.0313. The van der Waals surface area contributed by atoms with E-state index in [1.54, 1.807) is 59.8 Å². The van der Waals surface area contributed by atoms with Crippen molar-refractivity contribution in [3.8, 4) is 0 Å². The standard InChI is InChI=1S/C28H30F2O4.C16H23O4P/c1-2-34-27(31)28(29,30)26-15-13-22(14-16-26)17-25(20-32-18-23-9-5-3-6-10-23)21-33-19-24-11-7-4-8-12-24;1-15(2,3)19-21(18,20-16(4,5)6)14(17)13-10-11-7-8-12(13)9-11/h3-16,25H,2,17-21H2,1H3;7-8,10H,9H2,1-6H3. The Morgan fingerprint density at radius 2 is 1.24 bits per heavy atom. The highest BCUT2D eigenvalue weighted by Crippen LogP contribution is 2.58. The largest absolute Gasteiger partial charge is 0.461 e. The van der Waals surface area contributed by atoms with E-state index in [1.807, 2.05) is 72.8 Å². The summed E-state index contributed by atoms with van der Waals surface area (Å²) in [5.74, 6) is -5.18. The van der Waals surface area contributed by atoms with Crippen molar-refractivity contribution in [2.45, 2.75) is 91.6 Å². The lowest BCUT2D eigenvalue weighted by Crippen LogP contribution is -2.28. The molecule has 8 nitrogen and oxygen atoms in total. The monoisotopic (exact) mass is 778 g/mol. The van der Waals surface area contributed by atoms with Crippen molar-refractivity contribution in [2.75, 3.05) is 19.8 Å². The molecule has 0 spiro atoms. The molecule has 55 heavy (non-hydrogen) atoms. The molecule has 2 aliphatic rings. The van der Waals surface area contributed by atoms with Gasteiger partial charge in [-0.1, -0.05) is 97.1 Å². The van der Waals surface area contributed by atoms with Gasteiger partial charge in [0.05, 0.1) is 44.2 Å². The van der Waals surface area contributed by atoms with Gasteiger partial charge in [-0.3, -0.25) is 18.4 Å². The predicted octanol–water partition coefficient (Wildman–Crippen LogP) is 10.5. The molecule has 0 amide bonds. The van der Waals surface area contributed by atoms with Crippen LogP contribution in [-0.2, 0) is 63.0 Å². The molecular weight excluding hydrogens is 725 g/mol. The topological polar surface area (TPSA) is 97.4 Å². The van der Waals surface area contributed by atoms with Gasteiger partial charge in [0, 0.05) is 17.1 Å². The quantitative estimate of drug-likeness (QED) is 0.0987. The van der Waals surface area contributed by atoms with Crippen molar-refractivity contribution >= 4 is 19.1 Å². The normalized spacial score (nSPS) is 14.2. The van der Waals surface area contributed by atoms with E-state index in [0.717, 1.165) is 34.3 Å². The van der Waals surface area contributed by atoms with Crippen LogP contribution in [0.25, 0.3) is 0 Å². The molecule has 0 N–H and O–H groups in total. The summed E-state index contributed by atoms with van der Waals surface area (Å²) in [4.78, 5) is 24.4. The van der Waals surface area contributed by atoms with Gasteiger partial charge < -0.3 is 14.2 Å². The zero-order valence-corrected chi connectivity index (χ0v) is 33.7. The second-order valence-electron chi connectivity index (χ2n) is 15.4. The third-order valence-corrected chi connectivity index (χ3v) is 10.5. The van der Waals surface area contributed by atoms with Gasteiger partial charge in [0.1, 0.15) is 0 Å². The summed E-state index contributed by atoms with van der Waals surface area (Å²) in [7, 11) is -3.91. The number of halogens is 2. The molecule has 11 heteroatoms. The average molecular weight is 779 g/mol. The molecule has 0 radical (unpaired) electrons. The van der Waals surface area contributed by atoms with Crippen molar-refractivity contribution in [3.05, 3.63) is 142 Å². The Balaban J connectivity index is 0.000000274. The summed E-state index contributed by atoms with van der Waals surface area (Å²) in [5, 5.41) is 0. The van der Waals surface area contributed by atoms with Gasteiger partial charge in [0.2, 0.25) is 0 Å². The maximum Gasteiger partial charge on any atom is 0.402 e. The van der Waals surface area contributed by atoms with Crippen LogP contribution in [-0.4, -0.2) is 42.5 Å². The molecule has 0 atom stereocenters. The first kappa shape index (κ1) is 43.7. The van der Waals surface area contributed by atoms with Crippen molar-refractivity contribution in [3.63, 3.8) is 0 Å². The Hall–Kier alpha value is -4.05. The highest BCUT2D eigenvalue weighted by Gasteiger charge is 2.45. The van der Waals surface area contributed by atoms with Crippen LogP contribution < -0.4 is 0 Å². The molecule has 2 aliphatic carbocycles. The number of fused-ring (bicyclic) bond motifs is 2. The van der Waals surface area contributed by atoms with E-state index >= 15 is 0 Å². The molecule has 0 aromatic heterocycles. The van der Waals surface area contributed by atoms with Crippen LogP contribution >= 0.6 is 7.60 Å². The third-order valence-electron chi connectivity index (χ3n) is 8.14. The van der Waals surface area contributed by atoms with Crippen molar-refractivity contribution in [2.24, 2.45) is 5.92 Å². The lowest BCUT2D eigenvalue weighted by atomic mass is 9.98. The Morgan fingerprint density at radius 1 is 0.727 bits per heavy atom. The number of carbonyl (C=O) groups is 2. The second kappa shape index (κ2) is 19.2. The number of rotatable bonds is 17. The Kier molecular flexibility index (Phi) is 15.2. The molecule has 0 aliphatic heterocycles. The van der Waals surface area contributed by atoms with E-state index in [1.165, 1.54) is 19.1 Å². The third kappa shape index (κ3) is 13.6. The average Bonchev–Trinajstić information content (AvgIpc) is 3.76. The van der Waals surface area contributed by atoms with Gasteiger partial charge in [-0.2, -0.15) is 8.78 Å². The molecule has 3 aromatic rings. The fraction of sp³-hybridized carbons (Fsp3) is 0.409. The number of hydrogen-bond donors (Lipinski definition) is 0. The number of hydrogen-bond acceptors (Lipinski definition) is 8. The van der Waals surface area contributed by atoms with Crippen molar-refractivity contribution in [1.82, 2.24) is 0 Å². The van der Waals surface area contributed by atoms with Crippen LogP contribution in [0, 0.1) is 5.92 Å². The van der Waals surface area contributed by atoms with Crippen LogP contribution in [0.2, 0.25) is 0 Å². The second-order valence-corrected chi connectivity index (χ2v) is 17.2. The molecule has 296 valence electrons. The highest BCUT2D eigenvalue weighted by atomic mass is 31.2. The molecule has 0 heterocycles. The Morgan fingerprint density at radius 3 is 1.65 bits per heavy atom. The molecular formula is C44H53F2O8P. The van der Waals surface area contributed by atoms with Crippen LogP contribution in [0.5, 0.6) is 0 Å². The number of allylic oxidation sites excluding steroid dienone is 6. The summed E-state index contributed by atoms with van der Waals surface area (Å²) in [6.07, 6.45) is 6.96. The summed E-state index contributed by atoms with van der Waals surface area (Å²) >= 11 is 0. The maximum absolute atomic E-state index is 14.3. The zero-order valence-electron chi connectivity index (χ0n) is 32.8. The molecule has 0 unspecified atom stereocenters.